The fourth-order valence-electron chi connectivity index (χ4n) is 2.40. The lowest BCUT2D eigenvalue weighted by Gasteiger charge is -2.10. The molecule has 112 valence electrons. The SMILES string of the molecule is Cc1c(Cl)cccc1NC(=O)Cn1ccc2cc(Cl)ccc21. The lowest BCUT2D eigenvalue weighted by molar-refractivity contribution is -0.116. The maximum atomic E-state index is 12.3. The molecule has 22 heavy (non-hydrogen) atoms. The van der Waals surface area contributed by atoms with E-state index < -0.39 is 0 Å². The minimum atomic E-state index is -0.0992. The summed E-state index contributed by atoms with van der Waals surface area (Å²) in [6.45, 7) is 2.11. The Hall–Kier alpha value is -1.97. The molecule has 1 amide bonds. The molecule has 0 unspecified atom stereocenters. The first-order chi connectivity index (χ1) is 10.5. The predicted molar refractivity (Wildman–Crippen MR) is 91.8 cm³/mol. The van der Waals surface area contributed by atoms with Gasteiger partial charge in [0.2, 0.25) is 5.91 Å². The summed E-state index contributed by atoms with van der Waals surface area (Å²) in [4.78, 5) is 12.3. The molecule has 0 saturated carbocycles. The minimum absolute atomic E-state index is 0.0992. The first-order valence-corrected chi connectivity index (χ1v) is 7.59. The van der Waals surface area contributed by atoms with E-state index in [2.05, 4.69) is 5.32 Å². The third-order valence-electron chi connectivity index (χ3n) is 3.59. The molecule has 0 atom stereocenters. The summed E-state index contributed by atoms with van der Waals surface area (Å²) in [5.74, 6) is -0.0992. The summed E-state index contributed by atoms with van der Waals surface area (Å²) in [5, 5.41) is 5.23. The fraction of sp³-hybridized carbons (Fsp3) is 0.118. The number of hydrogen-bond acceptors (Lipinski definition) is 1. The average molecular weight is 333 g/mol. The Morgan fingerprint density at radius 1 is 1.18 bits per heavy atom. The van der Waals surface area contributed by atoms with E-state index in [1.165, 1.54) is 0 Å². The molecule has 0 aliphatic rings. The summed E-state index contributed by atoms with van der Waals surface area (Å²) < 4.78 is 1.89. The number of nitrogens with zero attached hydrogens (tertiary/aromatic N) is 1. The minimum Gasteiger partial charge on any atom is -0.338 e. The summed E-state index contributed by atoms with van der Waals surface area (Å²) in [7, 11) is 0. The van der Waals surface area contributed by atoms with E-state index in [0.717, 1.165) is 22.2 Å². The van der Waals surface area contributed by atoms with Crippen LogP contribution < -0.4 is 5.32 Å². The van der Waals surface area contributed by atoms with Gasteiger partial charge in [0, 0.05) is 32.8 Å². The molecule has 0 spiro atoms. The summed E-state index contributed by atoms with van der Waals surface area (Å²) in [5.41, 5.74) is 2.57. The largest absolute Gasteiger partial charge is 0.338 e. The van der Waals surface area contributed by atoms with Crippen LogP contribution in [0.3, 0.4) is 0 Å². The van der Waals surface area contributed by atoms with E-state index in [0.29, 0.717) is 10.0 Å². The van der Waals surface area contributed by atoms with E-state index in [9.17, 15) is 4.79 Å². The highest BCUT2D eigenvalue weighted by Gasteiger charge is 2.09. The van der Waals surface area contributed by atoms with Gasteiger partial charge >= 0.3 is 0 Å². The van der Waals surface area contributed by atoms with Crippen LogP contribution in [0, 0.1) is 6.92 Å². The summed E-state index contributed by atoms with van der Waals surface area (Å²) >= 11 is 12.0. The molecule has 0 bridgehead atoms. The lowest BCUT2D eigenvalue weighted by Crippen LogP contribution is -2.18. The van der Waals surface area contributed by atoms with Crippen LogP contribution in [-0.4, -0.2) is 10.5 Å². The van der Waals surface area contributed by atoms with Crippen molar-refractivity contribution in [1.29, 1.82) is 0 Å². The van der Waals surface area contributed by atoms with Gasteiger partial charge in [0.1, 0.15) is 6.54 Å². The molecular formula is C17H14Cl2N2O. The Balaban J connectivity index is 1.80. The van der Waals surface area contributed by atoms with E-state index >= 15 is 0 Å². The molecule has 0 radical (unpaired) electrons. The summed E-state index contributed by atoms with van der Waals surface area (Å²) in [6.07, 6.45) is 1.88. The third-order valence-corrected chi connectivity index (χ3v) is 4.23. The topological polar surface area (TPSA) is 34.0 Å². The zero-order valence-corrected chi connectivity index (χ0v) is 13.4. The normalized spacial score (nSPS) is 10.9. The first kappa shape index (κ1) is 14.9. The lowest BCUT2D eigenvalue weighted by atomic mass is 10.2. The van der Waals surface area contributed by atoms with Crippen molar-refractivity contribution in [3.63, 3.8) is 0 Å². The van der Waals surface area contributed by atoms with Gasteiger partial charge in [-0.3, -0.25) is 4.79 Å². The Morgan fingerprint density at radius 2 is 2.00 bits per heavy atom. The highest BCUT2D eigenvalue weighted by Crippen LogP contribution is 2.23. The van der Waals surface area contributed by atoms with Gasteiger partial charge in [0.05, 0.1) is 0 Å². The van der Waals surface area contributed by atoms with Gasteiger partial charge in [-0.05, 0) is 48.9 Å². The molecule has 1 N–H and O–H groups in total. The van der Waals surface area contributed by atoms with Crippen LogP contribution in [0.1, 0.15) is 5.56 Å². The summed E-state index contributed by atoms with van der Waals surface area (Å²) in [6, 6.07) is 13.0. The van der Waals surface area contributed by atoms with Crippen LogP contribution in [0.2, 0.25) is 10.0 Å². The molecule has 5 heteroatoms. The third kappa shape index (κ3) is 2.96. The zero-order chi connectivity index (χ0) is 15.7. The Labute approximate surface area is 138 Å². The number of benzene rings is 2. The molecule has 0 aliphatic heterocycles. The second-order valence-corrected chi connectivity index (χ2v) is 5.95. The van der Waals surface area contributed by atoms with E-state index in [1.54, 1.807) is 6.07 Å². The molecule has 1 aromatic heterocycles. The van der Waals surface area contributed by atoms with Crippen molar-refractivity contribution in [1.82, 2.24) is 4.57 Å². The predicted octanol–water partition coefficient (Wildman–Crippen LogP) is 4.90. The maximum absolute atomic E-state index is 12.3. The van der Waals surface area contributed by atoms with Crippen LogP contribution in [0.5, 0.6) is 0 Å². The Morgan fingerprint density at radius 3 is 2.82 bits per heavy atom. The molecule has 2 aromatic carbocycles. The first-order valence-electron chi connectivity index (χ1n) is 6.84. The average Bonchev–Trinajstić information content (AvgIpc) is 2.86. The second-order valence-electron chi connectivity index (χ2n) is 5.11. The number of hydrogen-bond donors (Lipinski definition) is 1. The second kappa shape index (κ2) is 6.03. The maximum Gasteiger partial charge on any atom is 0.244 e. The van der Waals surface area contributed by atoms with Crippen molar-refractivity contribution in [2.45, 2.75) is 13.5 Å². The molecule has 3 aromatic rings. The van der Waals surface area contributed by atoms with Crippen molar-refractivity contribution in [2.24, 2.45) is 0 Å². The standard InChI is InChI=1S/C17H14Cl2N2O/c1-11-14(19)3-2-4-15(11)20-17(22)10-21-8-7-12-9-13(18)5-6-16(12)21/h2-9H,10H2,1H3,(H,20,22). The molecule has 0 aliphatic carbocycles. The van der Waals surface area contributed by atoms with Crippen molar-refractivity contribution >= 4 is 45.7 Å². The number of aromatic nitrogens is 1. The number of fused-ring (bicyclic) bond motifs is 1. The molecule has 3 rings (SSSR count). The smallest absolute Gasteiger partial charge is 0.244 e. The van der Waals surface area contributed by atoms with Gasteiger partial charge in [-0.1, -0.05) is 29.3 Å². The van der Waals surface area contributed by atoms with Gasteiger partial charge in [-0.15, -0.1) is 0 Å². The number of amides is 1. The Kier molecular flexibility index (Phi) is 4.10. The highest BCUT2D eigenvalue weighted by molar-refractivity contribution is 6.32. The number of rotatable bonds is 3. The van der Waals surface area contributed by atoms with E-state index in [1.807, 2.05) is 54.1 Å². The van der Waals surface area contributed by atoms with E-state index in [-0.39, 0.29) is 12.5 Å². The highest BCUT2D eigenvalue weighted by atomic mass is 35.5. The Bertz CT molecular complexity index is 855. The van der Waals surface area contributed by atoms with Crippen molar-refractivity contribution in [3.8, 4) is 0 Å². The van der Waals surface area contributed by atoms with Crippen LogP contribution in [-0.2, 0) is 11.3 Å². The van der Waals surface area contributed by atoms with Gasteiger partial charge < -0.3 is 9.88 Å². The van der Waals surface area contributed by atoms with Gasteiger partial charge in [0.25, 0.3) is 0 Å². The number of carbonyl (C=O) groups is 1. The van der Waals surface area contributed by atoms with Crippen molar-refractivity contribution in [2.75, 3.05) is 5.32 Å². The van der Waals surface area contributed by atoms with Crippen molar-refractivity contribution in [3.05, 3.63) is 64.3 Å². The van der Waals surface area contributed by atoms with Crippen LogP contribution in [0.25, 0.3) is 10.9 Å². The number of carbonyl (C=O) groups excluding carboxylic acids is 1. The van der Waals surface area contributed by atoms with Gasteiger partial charge in [-0.25, -0.2) is 0 Å². The van der Waals surface area contributed by atoms with Gasteiger partial charge in [-0.2, -0.15) is 0 Å². The van der Waals surface area contributed by atoms with Crippen LogP contribution in [0.15, 0.2) is 48.7 Å². The van der Waals surface area contributed by atoms with Crippen LogP contribution in [0.4, 0.5) is 5.69 Å². The quantitative estimate of drug-likeness (QED) is 0.727. The molecule has 1 heterocycles. The monoisotopic (exact) mass is 332 g/mol. The van der Waals surface area contributed by atoms with Crippen molar-refractivity contribution < 1.29 is 4.79 Å². The molecule has 0 fully saturated rings. The number of nitrogens with one attached hydrogen (secondary N) is 1. The molecule has 3 nitrogen and oxygen atoms in total. The zero-order valence-electron chi connectivity index (χ0n) is 11.9. The number of anilines is 1. The van der Waals surface area contributed by atoms with Gasteiger partial charge in [0.15, 0.2) is 0 Å². The van der Waals surface area contributed by atoms with Crippen LogP contribution >= 0.6 is 23.2 Å². The molecule has 0 saturated heterocycles. The fourth-order valence-corrected chi connectivity index (χ4v) is 2.75. The number of halogens is 2. The molecular weight excluding hydrogens is 319 g/mol. The van der Waals surface area contributed by atoms with E-state index in [4.69, 9.17) is 23.2 Å².